The zero-order chi connectivity index (χ0) is 21.3. The van der Waals surface area contributed by atoms with Crippen LogP contribution in [0.5, 0.6) is 0 Å². The number of likely N-dealkylation sites (tertiary alicyclic amines) is 1. The smallest absolute Gasteiger partial charge is 0.253 e. The van der Waals surface area contributed by atoms with Crippen molar-refractivity contribution in [3.05, 3.63) is 58.2 Å². The molecule has 1 amide bonds. The van der Waals surface area contributed by atoms with Crippen LogP contribution in [-0.2, 0) is 5.41 Å². The highest BCUT2D eigenvalue weighted by molar-refractivity contribution is 7.13. The molecule has 2 aromatic heterocycles. The molecule has 30 heavy (non-hydrogen) atoms. The number of halogens is 1. The topological polar surface area (TPSA) is 46.1 Å². The normalized spacial score (nSPS) is 14.7. The minimum absolute atomic E-state index is 0.0190. The van der Waals surface area contributed by atoms with E-state index >= 15 is 0 Å². The number of carbonyl (C=O) groups excluding carboxylic acids is 1. The summed E-state index contributed by atoms with van der Waals surface area (Å²) >= 11 is 8.13. The molecule has 1 aromatic carbocycles. The monoisotopic (exact) mass is 439 g/mol. The molecule has 1 saturated heterocycles. The number of rotatable bonds is 3. The lowest BCUT2D eigenvalue weighted by atomic mass is 9.90. The van der Waals surface area contributed by atoms with Crippen molar-refractivity contribution in [3.63, 3.8) is 0 Å². The molecule has 0 N–H and O–H groups in total. The van der Waals surface area contributed by atoms with Crippen LogP contribution in [0.15, 0.2) is 41.9 Å². The third-order valence-corrected chi connectivity index (χ3v) is 6.61. The molecule has 0 bridgehead atoms. The first-order valence-electron chi connectivity index (χ1n) is 10.3. The van der Waals surface area contributed by atoms with E-state index in [0.29, 0.717) is 10.6 Å². The minimum Gasteiger partial charge on any atom is -0.339 e. The Morgan fingerprint density at radius 2 is 1.87 bits per heavy atom. The van der Waals surface area contributed by atoms with E-state index in [1.165, 1.54) is 6.42 Å². The molecule has 0 spiro atoms. The van der Waals surface area contributed by atoms with Crippen LogP contribution >= 0.6 is 22.9 Å². The molecular formula is C24H26ClN3OS. The number of piperidine rings is 1. The summed E-state index contributed by atoms with van der Waals surface area (Å²) in [7, 11) is 0. The maximum Gasteiger partial charge on any atom is 0.253 e. The van der Waals surface area contributed by atoms with Crippen molar-refractivity contribution < 1.29 is 4.79 Å². The fourth-order valence-corrected chi connectivity index (χ4v) is 4.83. The lowest BCUT2D eigenvalue weighted by Gasteiger charge is -2.26. The second-order valence-corrected chi connectivity index (χ2v) is 10.0. The number of hydrogen-bond donors (Lipinski definition) is 0. The number of pyridine rings is 1. The van der Waals surface area contributed by atoms with E-state index in [0.717, 1.165) is 53.5 Å². The Hall–Kier alpha value is -2.24. The summed E-state index contributed by atoms with van der Waals surface area (Å²) in [5.74, 6) is 0.0643. The fourth-order valence-electron chi connectivity index (χ4n) is 3.63. The largest absolute Gasteiger partial charge is 0.339 e. The number of nitrogens with zero attached hydrogens (tertiary/aromatic N) is 3. The van der Waals surface area contributed by atoms with Gasteiger partial charge in [-0.3, -0.25) is 9.78 Å². The first-order valence-corrected chi connectivity index (χ1v) is 11.6. The summed E-state index contributed by atoms with van der Waals surface area (Å²) in [4.78, 5) is 24.0. The Kier molecular flexibility index (Phi) is 5.94. The quantitative estimate of drug-likeness (QED) is 0.471. The van der Waals surface area contributed by atoms with Gasteiger partial charge >= 0.3 is 0 Å². The van der Waals surface area contributed by atoms with E-state index in [9.17, 15) is 4.79 Å². The molecule has 0 atom stereocenters. The number of carbonyl (C=O) groups is 1. The Bertz CT molecular complexity index is 1060. The van der Waals surface area contributed by atoms with Crippen molar-refractivity contribution in [3.8, 4) is 21.8 Å². The van der Waals surface area contributed by atoms with Crippen LogP contribution in [0.1, 0.15) is 56.1 Å². The first-order chi connectivity index (χ1) is 14.3. The molecule has 4 nitrogen and oxygen atoms in total. The molecule has 1 aliphatic heterocycles. The molecular weight excluding hydrogens is 414 g/mol. The second-order valence-electron chi connectivity index (χ2n) is 8.77. The zero-order valence-electron chi connectivity index (χ0n) is 17.6. The molecule has 6 heteroatoms. The van der Waals surface area contributed by atoms with Gasteiger partial charge in [0, 0.05) is 52.5 Å². The standard InChI is InChI=1S/C24H26ClN3OS/c1-24(2,3)21-14-16(9-10-26-21)20-15-30-22(27-20)18-8-7-17(13-19(18)25)23(29)28-11-5-4-6-12-28/h7-10,13-15H,4-6,11-12H2,1-3H3. The van der Waals surface area contributed by atoms with E-state index in [1.54, 1.807) is 17.4 Å². The van der Waals surface area contributed by atoms with Crippen molar-refractivity contribution in [2.24, 2.45) is 0 Å². The molecule has 1 fully saturated rings. The number of amides is 1. The van der Waals surface area contributed by atoms with Gasteiger partial charge in [-0.05, 0) is 49.6 Å². The third-order valence-electron chi connectivity index (χ3n) is 5.42. The number of thiazole rings is 1. The van der Waals surface area contributed by atoms with Crippen molar-refractivity contribution in [2.45, 2.75) is 45.4 Å². The van der Waals surface area contributed by atoms with Crippen LogP contribution in [0.25, 0.3) is 21.8 Å². The highest BCUT2D eigenvalue weighted by atomic mass is 35.5. The second kappa shape index (κ2) is 8.48. The van der Waals surface area contributed by atoms with Crippen LogP contribution in [0.3, 0.4) is 0 Å². The number of benzene rings is 1. The SMILES string of the molecule is CC(C)(C)c1cc(-c2csc(-c3ccc(C(=O)N4CCCCC4)cc3Cl)n2)ccn1. The highest BCUT2D eigenvalue weighted by Crippen LogP contribution is 2.35. The van der Waals surface area contributed by atoms with E-state index in [2.05, 4.69) is 31.8 Å². The summed E-state index contributed by atoms with van der Waals surface area (Å²) in [6.45, 7) is 8.11. The van der Waals surface area contributed by atoms with Gasteiger partial charge in [-0.1, -0.05) is 32.4 Å². The molecule has 1 aliphatic rings. The van der Waals surface area contributed by atoms with Gasteiger partial charge in [0.1, 0.15) is 5.01 Å². The predicted octanol–water partition coefficient (Wildman–Crippen LogP) is 6.45. The maximum absolute atomic E-state index is 12.8. The molecule has 156 valence electrons. The lowest BCUT2D eigenvalue weighted by Crippen LogP contribution is -2.35. The summed E-state index contributed by atoms with van der Waals surface area (Å²) in [5.41, 5.74) is 4.47. The fraction of sp³-hybridized carbons (Fsp3) is 0.375. The lowest BCUT2D eigenvalue weighted by molar-refractivity contribution is 0.0724. The third kappa shape index (κ3) is 4.42. The van der Waals surface area contributed by atoms with E-state index < -0.39 is 0 Å². The predicted molar refractivity (Wildman–Crippen MR) is 124 cm³/mol. The van der Waals surface area contributed by atoms with Crippen LogP contribution in [-0.4, -0.2) is 33.9 Å². The molecule has 4 rings (SSSR count). The Balaban J connectivity index is 1.58. The van der Waals surface area contributed by atoms with E-state index in [1.807, 2.05) is 34.7 Å². The van der Waals surface area contributed by atoms with Crippen LogP contribution in [0.4, 0.5) is 0 Å². The highest BCUT2D eigenvalue weighted by Gasteiger charge is 2.20. The molecule has 0 unspecified atom stereocenters. The average molecular weight is 440 g/mol. The summed E-state index contributed by atoms with van der Waals surface area (Å²) < 4.78 is 0. The first kappa shape index (κ1) is 21.0. The Labute approximate surface area is 186 Å². The van der Waals surface area contributed by atoms with Gasteiger partial charge in [-0.15, -0.1) is 11.3 Å². The van der Waals surface area contributed by atoms with Gasteiger partial charge in [0.25, 0.3) is 5.91 Å². The summed E-state index contributed by atoms with van der Waals surface area (Å²) in [5, 5.41) is 3.45. The molecule has 3 aromatic rings. The maximum atomic E-state index is 12.8. The molecule has 3 heterocycles. The van der Waals surface area contributed by atoms with Gasteiger partial charge in [0.15, 0.2) is 0 Å². The van der Waals surface area contributed by atoms with Crippen LogP contribution in [0, 0.1) is 0 Å². The Morgan fingerprint density at radius 3 is 2.57 bits per heavy atom. The van der Waals surface area contributed by atoms with Crippen molar-refractivity contribution in [1.82, 2.24) is 14.9 Å². The van der Waals surface area contributed by atoms with Gasteiger partial charge < -0.3 is 4.90 Å². The summed E-state index contributed by atoms with van der Waals surface area (Å²) in [6.07, 6.45) is 5.18. The van der Waals surface area contributed by atoms with Crippen LogP contribution in [0.2, 0.25) is 5.02 Å². The van der Waals surface area contributed by atoms with Crippen molar-refractivity contribution >= 4 is 28.8 Å². The molecule has 0 aliphatic carbocycles. The average Bonchev–Trinajstić information content (AvgIpc) is 3.23. The minimum atomic E-state index is -0.0190. The Morgan fingerprint density at radius 1 is 1.10 bits per heavy atom. The van der Waals surface area contributed by atoms with Crippen molar-refractivity contribution in [2.75, 3.05) is 13.1 Å². The van der Waals surface area contributed by atoms with Gasteiger partial charge in [-0.25, -0.2) is 4.98 Å². The van der Waals surface area contributed by atoms with Gasteiger partial charge in [-0.2, -0.15) is 0 Å². The van der Waals surface area contributed by atoms with Gasteiger partial charge in [0.2, 0.25) is 0 Å². The number of aromatic nitrogens is 2. The molecule has 0 saturated carbocycles. The summed E-state index contributed by atoms with van der Waals surface area (Å²) in [6, 6.07) is 9.63. The molecule has 0 radical (unpaired) electrons. The van der Waals surface area contributed by atoms with Crippen molar-refractivity contribution in [1.29, 1.82) is 0 Å². The zero-order valence-corrected chi connectivity index (χ0v) is 19.2. The van der Waals surface area contributed by atoms with E-state index in [-0.39, 0.29) is 11.3 Å². The van der Waals surface area contributed by atoms with Crippen LogP contribution < -0.4 is 0 Å². The van der Waals surface area contributed by atoms with Gasteiger partial charge in [0.05, 0.1) is 10.7 Å². The number of hydrogen-bond acceptors (Lipinski definition) is 4. The van der Waals surface area contributed by atoms with E-state index in [4.69, 9.17) is 16.6 Å².